The Morgan fingerprint density at radius 3 is 2.17 bits per heavy atom. The van der Waals surface area contributed by atoms with E-state index in [1.807, 2.05) is 6.08 Å². The molecule has 0 spiro atoms. The van der Waals surface area contributed by atoms with E-state index in [2.05, 4.69) is 52.0 Å². The highest BCUT2D eigenvalue weighted by atomic mass is 16.1. The standard InChI is InChI=1S/C17H22O/c1-12(2)13-5-7-14(8-6-13)15-9-16(18)11-17(3,4)10-15/h5-9,12H,10-11H2,1-4H3. The summed E-state index contributed by atoms with van der Waals surface area (Å²) in [4.78, 5) is 11.8. The average molecular weight is 242 g/mol. The minimum atomic E-state index is 0.0951. The lowest BCUT2D eigenvalue weighted by molar-refractivity contribution is -0.116. The van der Waals surface area contributed by atoms with Crippen LogP contribution in [0.25, 0.3) is 5.57 Å². The van der Waals surface area contributed by atoms with Gasteiger partial charge in [-0.05, 0) is 40.5 Å². The molecule has 0 atom stereocenters. The highest BCUT2D eigenvalue weighted by Crippen LogP contribution is 2.38. The van der Waals surface area contributed by atoms with E-state index in [1.54, 1.807) is 0 Å². The van der Waals surface area contributed by atoms with Gasteiger partial charge in [-0.15, -0.1) is 0 Å². The lowest BCUT2D eigenvalue weighted by Crippen LogP contribution is -2.21. The van der Waals surface area contributed by atoms with Crippen LogP contribution in [0.1, 0.15) is 57.6 Å². The molecule has 18 heavy (non-hydrogen) atoms. The Labute approximate surface area is 110 Å². The predicted molar refractivity (Wildman–Crippen MR) is 76.5 cm³/mol. The number of hydrogen-bond donors (Lipinski definition) is 0. The van der Waals surface area contributed by atoms with Crippen LogP contribution in [-0.2, 0) is 4.79 Å². The molecule has 96 valence electrons. The topological polar surface area (TPSA) is 17.1 Å². The van der Waals surface area contributed by atoms with E-state index in [-0.39, 0.29) is 11.2 Å². The van der Waals surface area contributed by atoms with Crippen LogP contribution >= 0.6 is 0 Å². The van der Waals surface area contributed by atoms with Gasteiger partial charge in [0, 0.05) is 6.42 Å². The minimum absolute atomic E-state index is 0.0951. The molecule has 2 rings (SSSR count). The van der Waals surface area contributed by atoms with Crippen LogP contribution in [0.5, 0.6) is 0 Å². The molecule has 0 fully saturated rings. The molecule has 1 nitrogen and oxygen atoms in total. The second-order valence-electron chi connectivity index (χ2n) is 6.43. The van der Waals surface area contributed by atoms with Crippen LogP contribution < -0.4 is 0 Å². The van der Waals surface area contributed by atoms with E-state index in [1.165, 1.54) is 16.7 Å². The predicted octanol–water partition coefficient (Wildman–Crippen LogP) is 4.58. The number of rotatable bonds is 2. The fourth-order valence-corrected chi connectivity index (χ4v) is 2.61. The first-order chi connectivity index (χ1) is 8.37. The van der Waals surface area contributed by atoms with Crippen LogP contribution in [0, 0.1) is 5.41 Å². The molecular weight excluding hydrogens is 220 g/mol. The highest BCUT2D eigenvalue weighted by molar-refractivity contribution is 5.99. The van der Waals surface area contributed by atoms with Crippen molar-refractivity contribution in [3.63, 3.8) is 0 Å². The Kier molecular flexibility index (Phi) is 3.43. The summed E-state index contributed by atoms with van der Waals surface area (Å²) in [5.41, 5.74) is 3.82. The molecule has 0 radical (unpaired) electrons. The molecule has 0 unspecified atom stereocenters. The van der Waals surface area contributed by atoms with E-state index in [0.29, 0.717) is 12.3 Å². The lowest BCUT2D eigenvalue weighted by atomic mass is 9.75. The van der Waals surface area contributed by atoms with Crippen LogP contribution in [0.2, 0.25) is 0 Å². The molecule has 0 saturated heterocycles. The van der Waals surface area contributed by atoms with Gasteiger partial charge >= 0.3 is 0 Å². The zero-order valence-electron chi connectivity index (χ0n) is 11.8. The maximum absolute atomic E-state index is 11.8. The van der Waals surface area contributed by atoms with Crippen LogP contribution in [0.4, 0.5) is 0 Å². The SMILES string of the molecule is CC(C)c1ccc(C2=CC(=O)CC(C)(C)C2)cc1. The van der Waals surface area contributed by atoms with Gasteiger partial charge in [0.1, 0.15) is 0 Å². The van der Waals surface area contributed by atoms with Gasteiger partial charge in [-0.25, -0.2) is 0 Å². The molecule has 0 aromatic heterocycles. The molecule has 0 aliphatic heterocycles. The fourth-order valence-electron chi connectivity index (χ4n) is 2.61. The Bertz CT molecular complexity index is 475. The molecule has 1 aliphatic carbocycles. The first kappa shape index (κ1) is 13.1. The van der Waals surface area contributed by atoms with Crippen molar-refractivity contribution in [3.05, 3.63) is 41.5 Å². The summed E-state index contributed by atoms with van der Waals surface area (Å²) < 4.78 is 0. The van der Waals surface area contributed by atoms with E-state index < -0.39 is 0 Å². The van der Waals surface area contributed by atoms with Crippen molar-refractivity contribution >= 4 is 11.4 Å². The maximum Gasteiger partial charge on any atom is 0.156 e. The van der Waals surface area contributed by atoms with Gasteiger partial charge < -0.3 is 0 Å². The summed E-state index contributed by atoms with van der Waals surface area (Å²) in [5, 5.41) is 0. The Balaban J connectivity index is 2.29. The summed E-state index contributed by atoms with van der Waals surface area (Å²) in [7, 11) is 0. The number of hydrogen-bond acceptors (Lipinski definition) is 1. The van der Waals surface area contributed by atoms with Crippen molar-refractivity contribution in [2.75, 3.05) is 0 Å². The third-order valence-electron chi connectivity index (χ3n) is 3.61. The van der Waals surface area contributed by atoms with Crippen molar-refractivity contribution in [1.82, 2.24) is 0 Å². The Morgan fingerprint density at radius 1 is 1.06 bits per heavy atom. The number of allylic oxidation sites excluding steroid dienone is 2. The summed E-state index contributed by atoms with van der Waals surface area (Å²) in [5.74, 6) is 0.812. The second-order valence-corrected chi connectivity index (χ2v) is 6.43. The van der Waals surface area contributed by atoms with Crippen LogP contribution in [0.3, 0.4) is 0 Å². The first-order valence-corrected chi connectivity index (χ1v) is 6.71. The zero-order valence-corrected chi connectivity index (χ0v) is 11.8. The van der Waals surface area contributed by atoms with Crippen LogP contribution in [-0.4, -0.2) is 5.78 Å². The smallest absolute Gasteiger partial charge is 0.156 e. The van der Waals surface area contributed by atoms with Gasteiger partial charge in [-0.1, -0.05) is 52.0 Å². The minimum Gasteiger partial charge on any atom is -0.295 e. The lowest BCUT2D eigenvalue weighted by Gasteiger charge is -2.29. The molecule has 0 heterocycles. The Hall–Kier alpha value is -1.37. The van der Waals surface area contributed by atoms with Gasteiger partial charge in [0.25, 0.3) is 0 Å². The third-order valence-corrected chi connectivity index (χ3v) is 3.61. The highest BCUT2D eigenvalue weighted by Gasteiger charge is 2.27. The summed E-state index contributed by atoms with van der Waals surface area (Å²) in [6.07, 6.45) is 3.48. The van der Waals surface area contributed by atoms with Crippen LogP contribution in [0.15, 0.2) is 30.3 Å². The van der Waals surface area contributed by atoms with Gasteiger partial charge in [0.05, 0.1) is 0 Å². The molecule has 0 amide bonds. The fraction of sp³-hybridized carbons (Fsp3) is 0.471. The summed E-state index contributed by atoms with van der Waals surface area (Å²) in [6, 6.07) is 8.64. The quantitative estimate of drug-likeness (QED) is 0.741. The Morgan fingerprint density at radius 2 is 1.67 bits per heavy atom. The van der Waals surface area contributed by atoms with E-state index in [9.17, 15) is 4.79 Å². The number of carbonyl (C=O) groups is 1. The first-order valence-electron chi connectivity index (χ1n) is 6.71. The van der Waals surface area contributed by atoms with Gasteiger partial charge in [0.15, 0.2) is 5.78 Å². The second kappa shape index (κ2) is 4.72. The van der Waals surface area contributed by atoms with Gasteiger partial charge in [-0.3, -0.25) is 4.79 Å². The summed E-state index contributed by atoms with van der Waals surface area (Å²) >= 11 is 0. The molecule has 0 bridgehead atoms. The van der Waals surface area contributed by atoms with Gasteiger partial charge in [-0.2, -0.15) is 0 Å². The third kappa shape index (κ3) is 2.90. The zero-order chi connectivity index (χ0) is 13.3. The maximum atomic E-state index is 11.8. The molecular formula is C17H22O. The molecule has 1 aliphatic rings. The molecule has 1 aromatic carbocycles. The largest absolute Gasteiger partial charge is 0.295 e. The molecule has 0 saturated carbocycles. The molecule has 0 N–H and O–H groups in total. The number of ketones is 1. The van der Waals surface area contributed by atoms with E-state index >= 15 is 0 Å². The molecule has 1 aromatic rings. The monoisotopic (exact) mass is 242 g/mol. The van der Waals surface area contributed by atoms with E-state index in [0.717, 1.165) is 6.42 Å². The van der Waals surface area contributed by atoms with Crippen molar-refractivity contribution < 1.29 is 4.79 Å². The van der Waals surface area contributed by atoms with Gasteiger partial charge in [0.2, 0.25) is 0 Å². The molecule has 1 heteroatoms. The van der Waals surface area contributed by atoms with Crippen molar-refractivity contribution in [3.8, 4) is 0 Å². The van der Waals surface area contributed by atoms with Crippen molar-refractivity contribution in [2.45, 2.75) is 46.5 Å². The summed E-state index contributed by atoms with van der Waals surface area (Å²) in [6.45, 7) is 8.73. The van der Waals surface area contributed by atoms with Crippen molar-refractivity contribution in [1.29, 1.82) is 0 Å². The normalized spacial score (nSPS) is 18.9. The van der Waals surface area contributed by atoms with E-state index in [4.69, 9.17) is 0 Å². The number of carbonyl (C=O) groups excluding carboxylic acids is 1. The average Bonchev–Trinajstić information content (AvgIpc) is 2.26. The van der Waals surface area contributed by atoms with Crippen molar-refractivity contribution in [2.24, 2.45) is 5.41 Å². The number of benzene rings is 1.